The summed E-state index contributed by atoms with van der Waals surface area (Å²) in [4.78, 5) is 34.6. The summed E-state index contributed by atoms with van der Waals surface area (Å²) in [6.45, 7) is 1.70. The number of rotatable bonds is 9. The number of carbonyl (C=O) groups is 2. The molecular formula is C24H21BrN4O6. The molecule has 10 nitrogen and oxygen atoms in total. The fourth-order valence-electron chi connectivity index (χ4n) is 2.98. The first-order valence-electron chi connectivity index (χ1n) is 10.2. The van der Waals surface area contributed by atoms with E-state index in [2.05, 4.69) is 31.8 Å². The molecule has 0 fully saturated rings. The lowest BCUT2D eigenvalue weighted by Crippen LogP contribution is -2.20. The Morgan fingerprint density at radius 1 is 1.14 bits per heavy atom. The highest BCUT2D eigenvalue weighted by Crippen LogP contribution is 2.36. The van der Waals surface area contributed by atoms with Crippen LogP contribution in [0.5, 0.6) is 11.5 Å². The molecule has 0 aliphatic carbocycles. The summed E-state index contributed by atoms with van der Waals surface area (Å²) in [5.41, 5.74) is 4.74. The van der Waals surface area contributed by atoms with E-state index in [0.29, 0.717) is 27.2 Å². The Kier molecular flexibility index (Phi) is 8.52. The van der Waals surface area contributed by atoms with Crippen LogP contribution in [-0.4, -0.2) is 36.7 Å². The third kappa shape index (κ3) is 7.11. The van der Waals surface area contributed by atoms with Crippen LogP contribution in [0.25, 0.3) is 0 Å². The number of hydrogen-bond acceptors (Lipinski definition) is 7. The quantitative estimate of drug-likeness (QED) is 0.234. The molecule has 0 spiro atoms. The predicted octanol–water partition coefficient (Wildman–Crippen LogP) is 4.46. The standard InChI is InChI=1S/C24H21BrN4O6/c1-15-4-3-5-18(10-15)27-22(30)14-35-23-20(25)11-16(12-21(23)34-2)13-26-28-24(31)17-6-8-19(9-7-17)29(32)33/h3-13H,14H2,1-2H3,(H,27,30)(H,28,31)/b26-13+. The number of nitro benzene ring substituents is 1. The van der Waals surface area contributed by atoms with Crippen molar-refractivity contribution in [3.05, 3.63) is 91.9 Å². The molecular weight excluding hydrogens is 520 g/mol. The van der Waals surface area contributed by atoms with Crippen LogP contribution in [0.15, 0.2) is 70.2 Å². The molecule has 0 heterocycles. The largest absolute Gasteiger partial charge is 0.493 e. The molecule has 0 aliphatic heterocycles. The van der Waals surface area contributed by atoms with E-state index in [0.717, 1.165) is 5.56 Å². The molecule has 3 rings (SSSR count). The van der Waals surface area contributed by atoms with Crippen LogP contribution in [0.1, 0.15) is 21.5 Å². The van der Waals surface area contributed by atoms with Crippen molar-refractivity contribution >= 4 is 45.3 Å². The highest BCUT2D eigenvalue weighted by Gasteiger charge is 2.14. The molecule has 0 radical (unpaired) electrons. The van der Waals surface area contributed by atoms with Crippen LogP contribution in [0, 0.1) is 17.0 Å². The lowest BCUT2D eigenvalue weighted by molar-refractivity contribution is -0.384. The number of non-ortho nitro benzene ring substituents is 1. The van der Waals surface area contributed by atoms with E-state index in [9.17, 15) is 19.7 Å². The Bertz CT molecular complexity index is 1280. The minimum atomic E-state index is -0.547. The SMILES string of the molecule is COc1cc(/C=N/NC(=O)c2ccc([N+](=O)[O-])cc2)cc(Br)c1OCC(=O)Nc1cccc(C)c1. The second-order valence-electron chi connectivity index (χ2n) is 7.24. The first kappa shape index (κ1) is 25.4. The highest BCUT2D eigenvalue weighted by atomic mass is 79.9. The van der Waals surface area contributed by atoms with E-state index in [1.54, 1.807) is 18.2 Å². The minimum Gasteiger partial charge on any atom is -0.493 e. The first-order valence-corrected chi connectivity index (χ1v) is 11.0. The van der Waals surface area contributed by atoms with Gasteiger partial charge in [0, 0.05) is 23.4 Å². The van der Waals surface area contributed by atoms with Gasteiger partial charge in [0.05, 0.1) is 22.7 Å². The van der Waals surface area contributed by atoms with Gasteiger partial charge in [0.15, 0.2) is 18.1 Å². The van der Waals surface area contributed by atoms with E-state index in [1.165, 1.54) is 37.6 Å². The maximum atomic E-state index is 12.3. The molecule has 2 amide bonds. The first-order chi connectivity index (χ1) is 16.8. The average Bonchev–Trinajstić information content (AvgIpc) is 2.83. The van der Waals surface area contributed by atoms with E-state index in [1.807, 2.05) is 25.1 Å². The fraction of sp³-hybridized carbons (Fsp3) is 0.125. The van der Waals surface area contributed by atoms with E-state index >= 15 is 0 Å². The molecule has 0 saturated carbocycles. The Hall–Kier alpha value is -4.25. The topological polar surface area (TPSA) is 132 Å². The molecule has 0 atom stereocenters. The number of anilines is 1. The summed E-state index contributed by atoms with van der Waals surface area (Å²) >= 11 is 3.40. The number of ether oxygens (including phenoxy) is 2. The summed E-state index contributed by atoms with van der Waals surface area (Å²) in [5.74, 6) is -0.171. The molecule has 35 heavy (non-hydrogen) atoms. The fourth-order valence-corrected chi connectivity index (χ4v) is 3.55. The van der Waals surface area contributed by atoms with Crippen molar-refractivity contribution in [1.82, 2.24) is 5.43 Å². The number of carbonyl (C=O) groups excluding carboxylic acids is 2. The van der Waals surface area contributed by atoms with Crippen molar-refractivity contribution < 1.29 is 24.0 Å². The van der Waals surface area contributed by atoms with Gasteiger partial charge in [-0.25, -0.2) is 5.43 Å². The molecule has 0 unspecified atom stereocenters. The number of halogens is 1. The third-order valence-electron chi connectivity index (χ3n) is 4.62. The van der Waals surface area contributed by atoms with Crippen molar-refractivity contribution in [2.45, 2.75) is 6.92 Å². The zero-order valence-corrected chi connectivity index (χ0v) is 20.4. The number of aryl methyl sites for hydroxylation is 1. The molecule has 2 N–H and O–H groups in total. The molecule has 0 aliphatic rings. The minimum absolute atomic E-state index is 0.114. The van der Waals surface area contributed by atoms with Crippen LogP contribution in [0.4, 0.5) is 11.4 Å². The Morgan fingerprint density at radius 2 is 1.89 bits per heavy atom. The van der Waals surface area contributed by atoms with Crippen molar-refractivity contribution in [1.29, 1.82) is 0 Å². The number of methoxy groups -OCH3 is 1. The summed E-state index contributed by atoms with van der Waals surface area (Å²) in [7, 11) is 1.46. The summed E-state index contributed by atoms with van der Waals surface area (Å²) in [6.07, 6.45) is 1.39. The van der Waals surface area contributed by atoms with Crippen LogP contribution >= 0.6 is 15.9 Å². The van der Waals surface area contributed by atoms with Crippen LogP contribution in [0.3, 0.4) is 0 Å². The maximum Gasteiger partial charge on any atom is 0.271 e. The van der Waals surface area contributed by atoms with Gasteiger partial charge in [0.2, 0.25) is 0 Å². The van der Waals surface area contributed by atoms with Crippen molar-refractivity contribution in [2.75, 3.05) is 19.0 Å². The number of nitrogens with one attached hydrogen (secondary N) is 2. The van der Waals surface area contributed by atoms with Crippen molar-refractivity contribution in [2.24, 2.45) is 5.10 Å². The molecule has 0 aromatic heterocycles. The molecule has 0 saturated heterocycles. The molecule has 3 aromatic carbocycles. The number of hydrogen-bond donors (Lipinski definition) is 2. The average molecular weight is 541 g/mol. The van der Waals surface area contributed by atoms with Gasteiger partial charge >= 0.3 is 0 Å². The third-order valence-corrected chi connectivity index (χ3v) is 5.21. The van der Waals surface area contributed by atoms with Crippen LogP contribution < -0.4 is 20.2 Å². The number of benzene rings is 3. The second kappa shape index (κ2) is 11.7. The van der Waals surface area contributed by atoms with Gasteiger partial charge in [0.1, 0.15) is 0 Å². The van der Waals surface area contributed by atoms with Crippen LogP contribution in [-0.2, 0) is 4.79 Å². The molecule has 180 valence electrons. The smallest absolute Gasteiger partial charge is 0.271 e. The zero-order chi connectivity index (χ0) is 25.4. The predicted molar refractivity (Wildman–Crippen MR) is 134 cm³/mol. The van der Waals surface area contributed by atoms with Gasteiger partial charge in [-0.2, -0.15) is 5.10 Å². The summed E-state index contributed by atoms with van der Waals surface area (Å²) in [6, 6.07) is 15.9. The van der Waals surface area contributed by atoms with Gasteiger partial charge in [-0.1, -0.05) is 12.1 Å². The van der Waals surface area contributed by atoms with E-state index in [-0.39, 0.29) is 23.8 Å². The monoisotopic (exact) mass is 540 g/mol. The van der Waals surface area contributed by atoms with Crippen molar-refractivity contribution in [3.63, 3.8) is 0 Å². The Morgan fingerprint density at radius 3 is 2.54 bits per heavy atom. The van der Waals surface area contributed by atoms with E-state index < -0.39 is 10.8 Å². The lowest BCUT2D eigenvalue weighted by atomic mass is 10.2. The molecule has 0 bridgehead atoms. The zero-order valence-electron chi connectivity index (χ0n) is 18.8. The van der Waals surface area contributed by atoms with Gasteiger partial charge in [-0.3, -0.25) is 19.7 Å². The maximum absolute atomic E-state index is 12.3. The van der Waals surface area contributed by atoms with Gasteiger partial charge in [-0.15, -0.1) is 0 Å². The molecule has 11 heteroatoms. The number of hydrazone groups is 1. The van der Waals surface area contributed by atoms with Crippen molar-refractivity contribution in [3.8, 4) is 11.5 Å². The number of nitro groups is 1. The summed E-state index contributed by atoms with van der Waals surface area (Å²) in [5, 5.41) is 17.4. The summed E-state index contributed by atoms with van der Waals surface area (Å²) < 4.78 is 11.5. The Labute approximate surface area is 209 Å². The normalized spacial score (nSPS) is 10.6. The number of nitrogens with zero attached hydrogens (tertiary/aromatic N) is 2. The molecule has 3 aromatic rings. The van der Waals surface area contributed by atoms with E-state index in [4.69, 9.17) is 9.47 Å². The number of amides is 2. The van der Waals surface area contributed by atoms with Gasteiger partial charge in [0.25, 0.3) is 17.5 Å². The van der Waals surface area contributed by atoms with Crippen LogP contribution in [0.2, 0.25) is 0 Å². The Balaban J connectivity index is 1.62. The van der Waals surface area contributed by atoms with Gasteiger partial charge in [-0.05, 0) is 70.4 Å². The second-order valence-corrected chi connectivity index (χ2v) is 8.10. The van der Waals surface area contributed by atoms with Gasteiger partial charge < -0.3 is 14.8 Å². The lowest BCUT2D eigenvalue weighted by Gasteiger charge is -2.13. The highest BCUT2D eigenvalue weighted by molar-refractivity contribution is 9.10.